The van der Waals surface area contributed by atoms with E-state index in [1.165, 1.54) is 16.9 Å². The predicted molar refractivity (Wildman–Crippen MR) is 70.3 cm³/mol. The first kappa shape index (κ1) is 15.0. The summed E-state index contributed by atoms with van der Waals surface area (Å²) >= 11 is 0. The van der Waals surface area contributed by atoms with Crippen LogP contribution in [0, 0.1) is 11.6 Å². The van der Waals surface area contributed by atoms with Gasteiger partial charge in [-0.1, -0.05) is 18.2 Å². The van der Waals surface area contributed by atoms with Crippen molar-refractivity contribution in [2.75, 3.05) is 5.32 Å². The summed E-state index contributed by atoms with van der Waals surface area (Å²) in [7, 11) is 0. The van der Waals surface area contributed by atoms with Gasteiger partial charge in [-0.3, -0.25) is 4.79 Å². The molecule has 112 valence electrons. The number of hydrogen-bond acceptors (Lipinski definition) is 4. The van der Waals surface area contributed by atoms with Crippen LogP contribution in [0.1, 0.15) is 25.1 Å². The van der Waals surface area contributed by atoms with Crippen LogP contribution in [0.2, 0.25) is 0 Å². The fraction of sp³-hybridized carbons (Fsp3) is 0.308. The molecule has 2 aromatic rings. The third-order valence-corrected chi connectivity index (χ3v) is 2.82. The topological polar surface area (TPSA) is 80.0 Å². The third kappa shape index (κ3) is 3.60. The number of carbonyl (C=O) groups is 1. The molecule has 0 aliphatic rings. The lowest BCUT2D eigenvalue weighted by Gasteiger charge is -2.07. The van der Waals surface area contributed by atoms with Crippen LogP contribution in [0.15, 0.2) is 24.4 Å². The highest BCUT2D eigenvalue weighted by atomic mass is 19.1. The highest BCUT2D eigenvalue weighted by Gasteiger charge is 2.14. The Hall–Kier alpha value is -2.35. The number of nitrogens with zero attached hydrogens (tertiary/aromatic N) is 3. The van der Waals surface area contributed by atoms with Gasteiger partial charge >= 0.3 is 0 Å². The Kier molecular flexibility index (Phi) is 4.59. The Balaban J connectivity index is 2.03. The zero-order valence-electron chi connectivity index (χ0n) is 11.3. The number of halogens is 2. The normalized spacial score (nSPS) is 12.2. The van der Waals surface area contributed by atoms with Crippen LogP contribution in [0.25, 0.3) is 0 Å². The van der Waals surface area contributed by atoms with Gasteiger partial charge in [0.25, 0.3) is 0 Å². The lowest BCUT2D eigenvalue weighted by molar-refractivity contribution is -0.117. The van der Waals surface area contributed by atoms with Crippen molar-refractivity contribution in [2.45, 2.75) is 26.0 Å². The predicted octanol–water partition coefficient (Wildman–Crippen LogP) is 1.64. The van der Waals surface area contributed by atoms with E-state index in [4.69, 9.17) is 0 Å². The van der Waals surface area contributed by atoms with Gasteiger partial charge in [0.15, 0.2) is 0 Å². The van der Waals surface area contributed by atoms with Gasteiger partial charge in [0, 0.05) is 0 Å². The molecule has 0 radical (unpaired) electrons. The molecule has 0 bridgehead atoms. The van der Waals surface area contributed by atoms with Crippen molar-refractivity contribution in [1.82, 2.24) is 15.0 Å². The molecule has 0 spiro atoms. The van der Waals surface area contributed by atoms with Crippen molar-refractivity contribution in [1.29, 1.82) is 0 Å². The van der Waals surface area contributed by atoms with Crippen molar-refractivity contribution in [3.8, 4) is 0 Å². The van der Waals surface area contributed by atoms with E-state index in [2.05, 4.69) is 15.6 Å². The highest BCUT2D eigenvalue weighted by molar-refractivity contribution is 5.90. The first-order valence-corrected chi connectivity index (χ1v) is 6.33. The number of aromatic nitrogens is 3. The molecule has 1 amide bonds. The van der Waals surface area contributed by atoms with E-state index in [1.807, 2.05) is 0 Å². The van der Waals surface area contributed by atoms with Gasteiger partial charge in [0.05, 0.1) is 12.3 Å². The molecule has 2 rings (SSSR count). The standard InChI is InChI=1S/C13H14F2N4O2/c1-2-11(20)10-6-19(18-17-10)7-12(21)16-13-8(14)4-3-5-9(13)15/h3-6,11,20H,2,7H2,1H3,(H,16,21). The monoisotopic (exact) mass is 296 g/mol. The number of aliphatic hydroxyl groups is 1. The van der Waals surface area contributed by atoms with Crippen LogP contribution in [-0.4, -0.2) is 26.0 Å². The number of para-hydroxylation sites is 1. The zero-order chi connectivity index (χ0) is 15.4. The smallest absolute Gasteiger partial charge is 0.246 e. The molecule has 0 aliphatic heterocycles. The van der Waals surface area contributed by atoms with Gasteiger partial charge in [-0.25, -0.2) is 13.5 Å². The summed E-state index contributed by atoms with van der Waals surface area (Å²) in [5.74, 6) is -2.37. The van der Waals surface area contributed by atoms with Crippen LogP contribution in [0.4, 0.5) is 14.5 Å². The first-order valence-electron chi connectivity index (χ1n) is 6.33. The fourth-order valence-corrected chi connectivity index (χ4v) is 1.70. The Morgan fingerprint density at radius 1 is 1.43 bits per heavy atom. The van der Waals surface area contributed by atoms with Gasteiger partial charge < -0.3 is 10.4 Å². The van der Waals surface area contributed by atoms with E-state index in [-0.39, 0.29) is 6.54 Å². The number of benzene rings is 1. The maximum Gasteiger partial charge on any atom is 0.246 e. The molecule has 0 saturated heterocycles. The number of amides is 1. The van der Waals surface area contributed by atoms with Crippen molar-refractivity contribution in [2.24, 2.45) is 0 Å². The van der Waals surface area contributed by atoms with Crippen molar-refractivity contribution in [3.05, 3.63) is 41.7 Å². The fourth-order valence-electron chi connectivity index (χ4n) is 1.70. The molecule has 0 saturated carbocycles. The average Bonchev–Trinajstić information content (AvgIpc) is 2.90. The summed E-state index contributed by atoms with van der Waals surface area (Å²) in [6.07, 6.45) is 1.11. The number of hydrogen-bond donors (Lipinski definition) is 2. The second-order valence-corrected chi connectivity index (χ2v) is 4.41. The average molecular weight is 296 g/mol. The first-order chi connectivity index (χ1) is 10.0. The van der Waals surface area contributed by atoms with Crippen molar-refractivity contribution >= 4 is 11.6 Å². The number of anilines is 1. The van der Waals surface area contributed by atoms with Crippen LogP contribution in [-0.2, 0) is 11.3 Å². The van der Waals surface area contributed by atoms with E-state index in [1.54, 1.807) is 6.92 Å². The zero-order valence-corrected chi connectivity index (χ0v) is 11.3. The summed E-state index contributed by atoms with van der Waals surface area (Å²) < 4.78 is 27.9. The molecule has 1 heterocycles. The molecule has 1 unspecified atom stereocenters. The summed E-state index contributed by atoms with van der Waals surface area (Å²) in [5, 5.41) is 19.1. The molecule has 1 aromatic carbocycles. The Bertz CT molecular complexity index is 625. The number of carbonyl (C=O) groups excluding carboxylic acids is 1. The van der Waals surface area contributed by atoms with E-state index in [0.717, 1.165) is 12.1 Å². The minimum Gasteiger partial charge on any atom is -0.387 e. The van der Waals surface area contributed by atoms with E-state index < -0.39 is 29.3 Å². The Morgan fingerprint density at radius 2 is 2.10 bits per heavy atom. The number of aliphatic hydroxyl groups excluding tert-OH is 1. The van der Waals surface area contributed by atoms with Crippen LogP contribution in [0.3, 0.4) is 0 Å². The van der Waals surface area contributed by atoms with Crippen LogP contribution in [0.5, 0.6) is 0 Å². The van der Waals surface area contributed by atoms with E-state index in [0.29, 0.717) is 12.1 Å². The summed E-state index contributed by atoms with van der Waals surface area (Å²) in [6.45, 7) is 1.51. The molecule has 2 N–H and O–H groups in total. The highest BCUT2D eigenvalue weighted by Crippen LogP contribution is 2.18. The minimum atomic E-state index is -0.857. The number of rotatable bonds is 5. The largest absolute Gasteiger partial charge is 0.387 e. The van der Waals surface area contributed by atoms with Gasteiger partial charge in [-0.05, 0) is 18.6 Å². The van der Waals surface area contributed by atoms with Crippen LogP contribution >= 0.6 is 0 Å². The Labute approximate surface area is 119 Å². The molecule has 1 aromatic heterocycles. The maximum absolute atomic E-state index is 13.4. The molecule has 6 nitrogen and oxygen atoms in total. The minimum absolute atomic E-state index is 0.267. The van der Waals surface area contributed by atoms with Gasteiger partial charge in [0.1, 0.15) is 29.6 Å². The second kappa shape index (κ2) is 6.40. The van der Waals surface area contributed by atoms with E-state index in [9.17, 15) is 18.7 Å². The third-order valence-electron chi connectivity index (χ3n) is 2.82. The molecule has 21 heavy (non-hydrogen) atoms. The van der Waals surface area contributed by atoms with Gasteiger partial charge in [-0.2, -0.15) is 0 Å². The number of nitrogens with one attached hydrogen (secondary N) is 1. The lowest BCUT2D eigenvalue weighted by atomic mass is 10.2. The lowest BCUT2D eigenvalue weighted by Crippen LogP contribution is -2.20. The summed E-state index contributed by atoms with van der Waals surface area (Å²) in [5.41, 5.74) is -0.168. The molecular weight excluding hydrogens is 282 g/mol. The van der Waals surface area contributed by atoms with Crippen molar-refractivity contribution < 1.29 is 18.7 Å². The van der Waals surface area contributed by atoms with Gasteiger partial charge in [0.2, 0.25) is 5.91 Å². The second-order valence-electron chi connectivity index (χ2n) is 4.41. The quantitative estimate of drug-likeness (QED) is 0.879. The molecule has 1 atom stereocenters. The summed E-state index contributed by atoms with van der Waals surface area (Å²) in [6, 6.07) is 3.30. The Morgan fingerprint density at radius 3 is 2.71 bits per heavy atom. The van der Waals surface area contributed by atoms with Crippen molar-refractivity contribution in [3.63, 3.8) is 0 Å². The van der Waals surface area contributed by atoms with E-state index >= 15 is 0 Å². The SMILES string of the molecule is CCC(O)c1cn(CC(=O)Nc2c(F)cccc2F)nn1. The van der Waals surface area contributed by atoms with Gasteiger partial charge in [-0.15, -0.1) is 5.10 Å². The summed E-state index contributed by atoms with van der Waals surface area (Å²) in [4.78, 5) is 11.7. The molecule has 0 fully saturated rings. The van der Waals surface area contributed by atoms with Crippen LogP contribution < -0.4 is 5.32 Å². The molecule has 8 heteroatoms. The maximum atomic E-state index is 13.4. The molecule has 0 aliphatic carbocycles. The molecular formula is C13H14F2N4O2.